The first-order valence-corrected chi connectivity index (χ1v) is 16.4. The lowest BCUT2D eigenvalue weighted by atomic mass is 10.0. The van der Waals surface area contributed by atoms with Crippen LogP contribution in [0.15, 0.2) is 171 Å². The van der Waals surface area contributed by atoms with Crippen molar-refractivity contribution >= 4 is 44.9 Å². The van der Waals surface area contributed by atoms with Crippen molar-refractivity contribution in [2.75, 3.05) is 9.80 Å². The van der Waals surface area contributed by atoms with E-state index < -0.39 is 0 Å². The van der Waals surface area contributed by atoms with Gasteiger partial charge in [-0.25, -0.2) is 0 Å². The minimum atomic E-state index is 1.04. The number of hydrogen-bond donors (Lipinski definition) is 0. The van der Waals surface area contributed by atoms with Crippen LogP contribution in [0.3, 0.4) is 0 Å². The third kappa shape index (κ3) is 7.30. The first kappa shape index (κ1) is 30.7. The second kappa shape index (κ2) is 15.1. The Morgan fingerprint density at radius 1 is 0.391 bits per heavy atom. The van der Waals surface area contributed by atoms with Crippen molar-refractivity contribution in [1.82, 2.24) is 0 Å². The van der Waals surface area contributed by atoms with Crippen LogP contribution in [-0.4, -0.2) is 0 Å². The van der Waals surface area contributed by atoms with Crippen LogP contribution in [0.5, 0.6) is 0 Å². The predicted octanol–water partition coefficient (Wildman–Crippen LogP) is 12.8. The van der Waals surface area contributed by atoms with Gasteiger partial charge in [-0.05, 0) is 133 Å². The van der Waals surface area contributed by atoms with Crippen LogP contribution in [0.4, 0.5) is 34.1 Å². The Balaban J connectivity index is 1.33. The average molecular weight is 599 g/mol. The maximum Gasteiger partial charge on any atom is 0.0468 e. The summed E-state index contributed by atoms with van der Waals surface area (Å²) in [6.45, 7) is 7.72. The summed E-state index contributed by atoms with van der Waals surface area (Å²) in [4.78, 5) is 4.68. The fourth-order valence-electron chi connectivity index (χ4n) is 6.07. The molecule has 0 atom stereocenters. The van der Waals surface area contributed by atoms with Crippen molar-refractivity contribution in [3.63, 3.8) is 0 Å². The number of aryl methyl sites for hydroxylation is 2. The van der Waals surface area contributed by atoms with E-state index in [1.54, 1.807) is 0 Å². The van der Waals surface area contributed by atoms with Crippen LogP contribution in [0.25, 0.3) is 10.8 Å². The SMILES string of the molecule is C=CCCCc1ccc(N(c2ccccc2)c2ccc3cc(N(c4ccccc4)c4ccc(CCCC=C)cc4)ccc3c2)cc1. The highest BCUT2D eigenvalue weighted by Crippen LogP contribution is 2.39. The molecule has 0 aromatic heterocycles. The van der Waals surface area contributed by atoms with Gasteiger partial charge >= 0.3 is 0 Å². The van der Waals surface area contributed by atoms with Gasteiger partial charge in [0.2, 0.25) is 0 Å². The summed E-state index contributed by atoms with van der Waals surface area (Å²) in [6.07, 6.45) is 10.5. The maximum absolute atomic E-state index is 3.86. The van der Waals surface area contributed by atoms with Gasteiger partial charge in [-0.3, -0.25) is 0 Å². The molecule has 0 bridgehead atoms. The minimum Gasteiger partial charge on any atom is -0.310 e. The molecule has 0 fully saturated rings. The summed E-state index contributed by atoms with van der Waals surface area (Å²) in [5.41, 5.74) is 9.57. The Labute approximate surface area is 274 Å². The topological polar surface area (TPSA) is 6.48 Å². The summed E-state index contributed by atoms with van der Waals surface area (Å²) in [7, 11) is 0. The Kier molecular flexibility index (Phi) is 10.1. The molecule has 2 heteroatoms. The Bertz CT molecular complexity index is 1720. The van der Waals surface area contributed by atoms with E-state index in [2.05, 4.69) is 169 Å². The van der Waals surface area contributed by atoms with Gasteiger partial charge in [0.25, 0.3) is 0 Å². The van der Waals surface area contributed by atoms with Crippen LogP contribution < -0.4 is 9.80 Å². The predicted molar refractivity (Wildman–Crippen MR) is 200 cm³/mol. The Hall–Kier alpha value is -5.34. The molecule has 228 valence electrons. The third-order valence-corrected chi connectivity index (χ3v) is 8.49. The van der Waals surface area contributed by atoms with Crippen molar-refractivity contribution in [1.29, 1.82) is 0 Å². The highest BCUT2D eigenvalue weighted by Gasteiger charge is 2.16. The largest absolute Gasteiger partial charge is 0.310 e. The Morgan fingerprint density at radius 3 is 1.11 bits per heavy atom. The molecule has 0 aliphatic rings. The van der Waals surface area contributed by atoms with Gasteiger partial charge in [0.15, 0.2) is 0 Å². The zero-order chi connectivity index (χ0) is 31.6. The Morgan fingerprint density at radius 2 is 0.739 bits per heavy atom. The highest BCUT2D eigenvalue weighted by molar-refractivity contribution is 5.93. The first-order chi connectivity index (χ1) is 22.7. The van der Waals surface area contributed by atoms with Gasteiger partial charge < -0.3 is 9.80 Å². The van der Waals surface area contributed by atoms with Gasteiger partial charge in [-0.2, -0.15) is 0 Å². The van der Waals surface area contributed by atoms with Crippen molar-refractivity contribution in [3.8, 4) is 0 Å². The van der Waals surface area contributed by atoms with E-state index in [1.165, 1.54) is 21.9 Å². The van der Waals surface area contributed by atoms with Gasteiger partial charge in [0.1, 0.15) is 0 Å². The molecule has 0 saturated carbocycles. The highest BCUT2D eigenvalue weighted by atomic mass is 15.1. The summed E-state index contributed by atoms with van der Waals surface area (Å²) in [6, 6.07) is 52.8. The van der Waals surface area contributed by atoms with Crippen LogP contribution in [0.1, 0.15) is 36.8 Å². The van der Waals surface area contributed by atoms with Crippen LogP contribution >= 0.6 is 0 Å². The molecule has 2 nitrogen and oxygen atoms in total. The standard InChI is InChI=1S/C44H42N2/c1-3-5-9-15-35-21-27-41(28-22-35)45(39-17-11-7-12-18-39)43-31-25-38-34-44(32-26-37(38)33-43)46(40-19-13-8-14-20-40)42-29-23-36(24-30-42)16-10-6-4-2/h3-4,7-8,11-14,17-34H,1-2,5-6,9-10,15-16H2. The molecule has 0 heterocycles. The zero-order valence-corrected chi connectivity index (χ0v) is 26.6. The number of nitrogens with zero attached hydrogens (tertiary/aromatic N) is 2. The van der Waals surface area contributed by atoms with Crippen molar-refractivity contribution in [3.05, 3.63) is 182 Å². The summed E-state index contributed by atoms with van der Waals surface area (Å²) in [5, 5.41) is 2.41. The average Bonchev–Trinajstić information content (AvgIpc) is 3.11. The summed E-state index contributed by atoms with van der Waals surface area (Å²) >= 11 is 0. The molecule has 0 radical (unpaired) electrons. The van der Waals surface area contributed by atoms with E-state index in [0.29, 0.717) is 0 Å². The summed E-state index contributed by atoms with van der Waals surface area (Å²) < 4.78 is 0. The molecular formula is C44H42N2. The van der Waals surface area contributed by atoms with E-state index in [0.717, 1.165) is 72.6 Å². The quantitative estimate of drug-likeness (QED) is 0.0909. The van der Waals surface area contributed by atoms with E-state index in [9.17, 15) is 0 Å². The lowest BCUT2D eigenvalue weighted by Gasteiger charge is -2.27. The van der Waals surface area contributed by atoms with E-state index in [-0.39, 0.29) is 0 Å². The van der Waals surface area contributed by atoms with E-state index >= 15 is 0 Å². The number of rotatable bonds is 14. The first-order valence-electron chi connectivity index (χ1n) is 16.4. The molecule has 0 aliphatic heterocycles. The number of hydrogen-bond acceptors (Lipinski definition) is 2. The summed E-state index contributed by atoms with van der Waals surface area (Å²) in [5.74, 6) is 0. The molecule has 0 saturated heterocycles. The number of unbranched alkanes of at least 4 members (excludes halogenated alkanes) is 2. The van der Waals surface area contributed by atoms with E-state index in [1.807, 2.05) is 12.2 Å². The third-order valence-electron chi connectivity index (χ3n) is 8.49. The molecule has 6 rings (SSSR count). The maximum atomic E-state index is 3.86. The fraction of sp³-hybridized carbons (Fsp3) is 0.136. The smallest absolute Gasteiger partial charge is 0.0468 e. The number of fused-ring (bicyclic) bond motifs is 1. The molecule has 46 heavy (non-hydrogen) atoms. The lowest BCUT2D eigenvalue weighted by molar-refractivity contribution is 0.844. The number of anilines is 6. The van der Waals surface area contributed by atoms with Crippen LogP contribution in [-0.2, 0) is 12.8 Å². The van der Waals surface area contributed by atoms with Gasteiger partial charge in [-0.15, -0.1) is 13.2 Å². The molecule has 0 aliphatic carbocycles. The molecule has 0 N–H and O–H groups in total. The molecule has 6 aromatic carbocycles. The number of allylic oxidation sites excluding steroid dienone is 2. The molecule has 0 amide bonds. The zero-order valence-electron chi connectivity index (χ0n) is 26.6. The minimum absolute atomic E-state index is 1.04. The van der Waals surface area contributed by atoms with Crippen LogP contribution in [0.2, 0.25) is 0 Å². The molecular weight excluding hydrogens is 556 g/mol. The van der Waals surface area contributed by atoms with Gasteiger partial charge in [-0.1, -0.05) is 84.9 Å². The fourth-order valence-corrected chi connectivity index (χ4v) is 6.07. The van der Waals surface area contributed by atoms with Crippen molar-refractivity contribution < 1.29 is 0 Å². The monoisotopic (exact) mass is 598 g/mol. The molecule has 6 aromatic rings. The molecule has 0 spiro atoms. The van der Waals surface area contributed by atoms with Gasteiger partial charge in [0.05, 0.1) is 0 Å². The number of para-hydroxylation sites is 2. The normalized spacial score (nSPS) is 10.9. The number of benzene rings is 6. The van der Waals surface area contributed by atoms with Crippen molar-refractivity contribution in [2.45, 2.75) is 38.5 Å². The molecule has 0 unspecified atom stereocenters. The van der Waals surface area contributed by atoms with E-state index in [4.69, 9.17) is 0 Å². The van der Waals surface area contributed by atoms with Crippen molar-refractivity contribution in [2.24, 2.45) is 0 Å². The van der Waals surface area contributed by atoms with Crippen LogP contribution in [0, 0.1) is 0 Å². The lowest BCUT2D eigenvalue weighted by Crippen LogP contribution is -2.10. The second-order valence-corrected chi connectivity index (χ2v) is 11.8. The second-order valence-electron chi connectivity index (χ2n) is 11.8. The van der Waals surface area contributed by atoms with Gasteiger partial charge in [0, 0.05) is 34.1 Å².